The molecule has 6 nitrogen and oxygen atoms in total. The minimum atomic E-state index is -3.59. The number of hydrogen-bond donors (Lipinski definition) is 1. The van der Waals surface area contributed by atoms with Gasteiger partial charge in [-0.2, -0.15) is 4.31 Å². The Balaban J connectivity index is 1.49. The third kappa shape index (κ3) is 2.57. The van der Waals surface area contributed by atoms with E-state index in [0.717, 1.165) is 33.4 Å². The van der Waals surface area contributed by atoms with Crippen LogP contribution >= 0.6 is 0 Å². The lowest BCUT2D eigenvalue weighted by atomic mass is 10.1. The first-order valence-corrected chi connectivity index (χ1v) is 10.9. The standard InChI is InChI=1S/C21H21N3O3S/c1-14(25)24-11-8-15-12-16(6-7-21(15)24)28(26,27)23-10-9-20-18(13-23)17-4-2-3-5-19(17)22-20/h2-7,12,22H,8-11,13H2,1H3. The van der Waals surface area contributed by atoms with E-state index in [1.807, 2.05) is 24.3 Å². The van der Waals surface area contributed by atoms with Crippen LogP contribution in [0.2, 0.25) is 0 Å². The van der Waals surface area contributed by atoms with E-state index < -0.39 is 10.0 Å². The van der Waals surface area contributed by atoms with Crippen molar-refractivity contribution in [2.45, 2.75) is 31.2 Å². The van der Waals surface area contributed by atoms with Crippen LogP contribution < -0.4 is 4.90 Å². The molecular formula is C21H21N3O3S. The van der Waals surface area contributed by atoms with Crippen LogP contribution in [0.25, 0.3) is 10.9 Å². The lowest BCUT2D eigenvalue weighted by Crippen LogP contribution is -2.35. The smallest absolute Gasteiger partial charge is 0.243 e. The number of aromatic nitrogens is 1. The number of para-hydroxylation sites is 1. The number of carbonyl (C=O) groups is 1. The predicted octanol–water partition coefficient (Wildman–Crippen LogP) is 2.82. The number of amides is 1. The second-order valence-corrected chi connectivity index (χ2v) is 9.37. The van der Waals surface area contributed by atoms with Gasteiger partial charge in [-0.05, 0) is 41.8 Å². The van der Waals surface area contributed by atoms with E-state index in [4.69, 9.17) is 0 Å². The van der Waals surface area contributed by atoms with Crippen LogP contribution in [0.15, 0.2) is 47.4 Å². The van der Waals surface area contributed by atoms with Crippen LogP contribution in [-0.4, -0.2) is 36.7 Å². The van der Waals surface area contributed by atoms with Crippen molar-refractivity contribution < 1.29 is 13.2 Å². The highest BCUT2D eigenvalue weighted by Gasteiger charge is 2.32. The maximum atomic E-state index is 13.3. The Labute approximate surface area is 163 Å². The van der Waals surface area contributed by atoms with Gasteiger partial charge in [-0.15, -0.1) is 0 Å². The quantitative estimate of drug-likeness (QED) is 0.725. The van der Waals surface area contributed by atoms with E-state index in [1.54, 1.807) is 27.4 Å². The molecule has 0 saturated carbocycles. The number of H-pyrrole nitrogens is 1. The highest BCUT2D eigenvalue weighted by molar-refractivity contribution is 7.89. The van der Waals surface area contributed by atoms with Gasteiger partial charge in [0.05, 0.1) is 4.90 Å². The second kappa shape index (κ2) is 6.18. The van der Waals surface area contributed by atoms with E-state index >= 15 is 0 Å². The molecule has 0 radical (unpaired) electrons. The van der Waals surface area contributed by atoms with E-state index in [0.29, 0.717) is 37.4 Å². The monoisotopic (exact) mass is 395 g/mol. The number of benzene rings is 2. The summed E-state index contributed by atoms with van der Waals surface area (Å²) in [5, 5.41) is 1.09. The normalized spacial score (nSPS) is 17.0. The number of nitrogens with one attached hydrogen (secondary N) is 1. The molecule has 1 N–H and O–H groups in total. The number of fused-ring (bicyclic) bond motifs is 4. The molecule has 0 aliphatic carbocycles. The second-order valence-electron chi connectivity index (χ2n) is 7.43. The van der Waals surface area contributed by atoms with Crippen molar-refractivity contribution in [3.05, 3.63) is 59.3 Å². The van der Waals surface area contributed by atoms with Crippen molar-refractivity contribution in [3.63, 3.8) is 0 Å². The van der Waals surface area contributed by atoms with Crippen LogP contribution in [0.4, 0.5) is 5.69 Å². The number of nitrogens with zero attached hydrogens (tertiary/aromatic N) is 2. The molecule has 7 heteroatoms. The summed E-state index contributed by atoms with van der Waals surface area (Å²) in [4.78, 5) is 17.2. The molecule has 3 heterocycles. The molecule has 28 heavy (non-hydrogen) atoms. The molecule has 0 unspecified atom stereocenters. The summed E-state index contributed by atoms with van der Waals surface area (Å²) in [7, 11) is -3.59. The van der Waals surface area contributed by atoms with Crippen molar-refractivity contribution >= 4 is 32.5 Å². The fourth-order valence-corrected chi connectivity index (χ4v) is 5.82. The maximum Gasteiger partial charge on any atom is 0.243 e. The van der Waals surface area contributed by atoms with Crippen LogP contribution in [0.5, 0.6) is 0 Å². The molecule has 0 atom stereocenters. The van der Waals surface area contributed by atoms with Crippen molar-refractivity contribution in [1.29, 1.82) is 0 Å². The zero-order valence-corrected chi connectivity index (χ0v) is 16.4. The van der Waals surface area contributed by atoms with Crippen molar-refractivity contribution in [2.24, 2.45) is 0 Å². The van der Waals surface area contributed by atoms with Gasteiger partial charge in [-0.3, -0.25) is 4.79 Å². The molecule has 5 rings (SSSR count). The number of rotatable bonds is 2. The average Bonchev–Trinajstić information content (AvgIpc) is 3.28. The summed E-state index contributed by atoms with van der Waals surface area (Å²) in [5.41, 5.74) is 4.98. The number of anilines is 1. The SMILES string of the molecule is CC(=O)N1CCc2cc(S(=O)(=O)N3CCc4[nH]c5ccccc5c4C3)ccc21. The van der Waals surface area contributed by atoms with Gasteiger partial charge in [-0.1, -0.05) is 18.2 Å². The first kappa shape index (κ1) is 17.5. The summed E-state index contributed by atoms with van der Waals surface area (Å²) >= 11 is 0. The maximum absolute atomic E-state index is 13.3. The van der Waals surface area contributed by atoms with E-state index in [2.05, 4.69) is 4.98 Å². The molecule has 1 aromatic heterocycles. The molecule has 0 spiro atoms. The summed E-state index contributed by atoms with van der Waals surface area (Å²) in [6.45, 7) is 2.97. The molecule has 1 amide bonds. The topological polar surface area (TPSA) is 73.5 Å². The molecule has 3 aromatic rings. The van der Waals surface area contributed by atoms with Crippen LogP contribution in [-0.2, 0) is 34.2 Å². The minimum Gasteiger partial charge on any atom is -0.358 e. The van der Waals surface area contributed by atoms with Crippen molar-refractivity contribution in [3.8, 4) is 0 Å². The molecule has 2 aliphatic heterocycles. The Kier molecular flexibility index (Phi) is 3.86. The zero-order chi connectivity index (χ0) is 19.5. The predicted molar refractivity (Wildman–Crippen MR) is 108 cm³/mol. The molecule has 0 saturated heterocycles. The average molecular weight is 395 g/mol. The van der Waals surface area contributed by atoms with E-state index in [-0.39, 0.29) is 5.91 Å². The lowest BCUT2D eigenvalue weighted by molar-refractivity contribution is -0.116. The van der Waals surface area contributed by atoms with E-state index in [9.17, 15) is 13.2 Å². The Hall–Kier alpha value is -2.64. The van der Waals surface area contributed by atoms with Gasteiger partial charge in [-0.25, -0.2) is 8.42 Å². The highest BCUT2D eigenvalue weighted by atomic mass is 32.2. The van der Waals surface area contributed by atoms with Gasteiger partial charge in [0, 0.05) is 55.3 Å². The largest absolute Gasteiger partial charge is 0.358 e. The molecule has 2 aliphatic rings. The van der Waals surface area contributed by atoms with Gasteiger partial charge in [0.15, 0.2) is 0 Å². The summed E-state index contributed by atoms with van der Waals surface area (Å²) in [6, 6.07) is 13.1. The van der Waals surface area contributed by atoms with Gasteiger partial charge >= 0.3 is 0 Å². The zero-order valence-electron chi connectivity index (χ0n) is 15.6. The Morgan fingerprint density at radius 2 is 1.89 bits per heavy atom. The van der Waals surface area contributed by atoms with Crippen LogP contribution in [0.1, 0.15) is 23.7 Å². The van der Waals surface area contributed by atoms with Gasteiger partial charge in [0.25, 0.3) is 0 Å². The summed E-state index contributed by atoms with van der Waals surface area (Å²) in [6.07, 6.45) is 1.36. The Bertz CT molecular complexity index is 1210. The number of hydrogen-bond acceptors (Lipinski definition) is 3. The molecule has 0 fully saturated rings. The number of aromatic amines is 1. The van der Waals surface area contributed by atoms with Crippen LogP contribution in [0, 0.1) is 0 Å². The molecule has 0 bridgehead atoms. The molecule has 2 aromatic carbocycles. The molecular weight excluding hydrogens is 374 g/mol. The fraction of sp³-hybridized carbons (Fsp3) is 0.286. The first-order chi connectivity index (χ1) is 13.4. The Morgan fingerprint density at radius 3 is 2.71 bits per heavy atom. The van der Waals surface area contributed by atoms with Crippen molar-refractivity contribution in [1.82, 2.24) is 9.29 Å². The van der Waals surface area contributed by atoms with Crippen molar-refractivity contribution in [2.75, 3.05) is 18.0 Å². The summed E-state index contributed by atoms with van der Waals surface area (Å²) < 4.78 is 28.2. The minimum absolute atomic E-state index is 0.0164. The lowest BCUT2D eigenvalue weighted by Gasteiger charge is -2.27. The number of carbonyl (C=O) groups excluding carboxylic acids is 1. The third-order valence-corrected chi connectivity index (χ3v) is 7.65. The van der Waals surface area contributed by atoms with E-state index in [1.165, 1.54) is 6.92 Å². The Morgan fingerprint density at radius 1 is 1.07 bits per heavy atom. The third-order valence-electron chi connectivity index (χ3n) is 5.81. The fourth-order valence-electron chi connectivity index (χ4n) is 4.36. The molecule has 144 valence electrons. The highest BCUT2D eigenvalue weighted by Crippen LogP contribution is 2.34. The summed E-state index contributed by atoms with van der Waals surface area (Å²) in [5.74, 6) is -0.0164. The van der Waals surface area contributed by atoms with Crippen LogP contribution in [0.3, 0.4) is 0 Å². The van der Waals surface area contributed by atoms with Gasteiger partial charge < -0.3 is 9.88 Å². The van der Waals surface area contributed by atoms with Gasteiger partial charge in [0.2, 0.25) is 15.9 Å². The number of sulfonamides is 1. The first-order valence-electron chi connectivity index (χ1n) is 9.45. The van der Waals surface area contributed by atoms with Gasteiger partial charge in [0.1, 0.15) is 0 Å².